The van der Waals surface area contributed by atoms with Gasteiger partial charge >= 0.3 is 5.97 Å². The maximum Gasteiger partial charge on any atom is 0.344 e. The van der Waals surface area contributed by atoms with Crippen molar-refractivity contribution < 1.29 is 19.1 Å². The predicted molar refractivity (Wildman–Crippen MR) is 124 cm³/mol. The van der Waals surface area contributed by atoms with Gasteiger partial charge in [0.25, 0.3) is 0 Å². The first-order valence-electron chi connectivity index (χ1n) is 10.3. The van der Waals surface area contributed by atoms with Crippen LogP contribution in [0.4, 0.5) is 5.69 Å². The van der Waals surface area contributed by atoms with Crippen LogP contribution in [-0.2, 0) is 19.1 Å². The van der Waals surface area contributed by atoms with Crippen molar-refractivity contribution in [3.8, 4) is 0 Å². The molecule has 1 fully saturated rings. The zero-order chi connectivity index (χ0) is 22.1. The molecule has 1 aromatic carbocycles. The summed E-state index contributed by atoms with van der Waals surface area (Å²) in [5, 5.41) is 0.609. The lowest BCUT2D eigenvalue weighted by atomic mass is 10.0. The van der Waals surface area contributed by atoms with Crippen molar-refractivity contribution in [2.45, 2.75) is 31.9 Å². The van der Waals surface area contributed by atoms with Crippen molar-refractivity contribution in [1.82, 2.24) is 4.90 Å². The summed E-state index contributed by atoms with van der Waals surface area (Å²) in [5.74, 6) is 2.43. The van der Waals surface area contributed by atoms with Crippen LogP contribution in [0.25, 0.3) is 0 Å². The highest BCUT2D eigenvalue weighted by Crippen LogP contribution is 2.37. The smallest absolute Gasteiger partial charge is 0.344 e. The Bertz CT molecular complexity index is 959. The van der Waals surface area contributed by atoms with E-state index in [9.17, 15) is 9.59 Å². The van der Waals surface area contributed by atoms with Crippen LogP contribution in [0.5, 0.6) is 0 Å². The predicted octanol–water partition coefficient (Wildman–Crippen LogP) is 4.57. The van der Waals surface area contributed by atoms with Gasteiger partial charge in [0.15, 0.2) is 11.8 Å². The number of hydrogen-bond donors (Lipinski definition) is 0. The standard InChI is InChI=1S/C24H26N2O4S/c1-3-13-26-21(16-27)22(31-24(26)25-19-10-6-5-7-11-19)15-18-9-8-12-20(14-18)30-17-23(28)29-4-2/h5-12,15,22H,3-4,13-14,17H2,1-2H3. The molecule has 162 valence electrons. The first kappa shape index (κ1) is 22.7. The monoisotopic (exact) mass is 438 g/mol. The summed E-state index contributed by atoms with van der Waals surface area (Å²) in [6, 6.07) is 9.71. The Morgan fingerprint density at radius 1 is 1.32 bits per heavy atom. The highest BCUT2D eigenvalue weighted by atomic mass is 32.2. The fourth-order valence-corrected chi connectivity index (χ4v) is 4.45. The van der Waals surface area contributed by atoms with Crippen LogP contribution >= 0.6 is 11.8 Å². The average molecular weight is 439 g/mol. The number of hydrogen-bond acceptors (Lipinski definition) is 6. The second-order valence-electron chi connectivity index (χ2n) is 6.91. The minimum atomic E-state index is -0.391. The minimum absolute atomic E-state index is 0.114. The maximum atomic E-state index is 11.8. The van der Waals surface area contributed by atoms with Crippen LogP contribution in [0, 0.1) is 0 Å². The summed E-state index contributed by atoms with van der Waals surface area (Å²) in [6.45, 7) is 4.74. The summed E-state index contributed by atoms with van der Waals surface area (Å²) in [7, 11) is 0. The van der Waals surface area contributed by atoms with E-state index >= 15 is 0 Å². The lowest BCUT2D eigenvalue weighted by molar-refractivity contribution is -0.147. The summed E-state index contributed by atoms with van der Waals surface area (Å²) in [6.07, 6.45) is 9.16. The summed E-state index contributed by atoms with van der Waals surface area (Å²) >= 11 is 1.54. The molecule has 3 rings (SSSR count). The van der Waals surface area contributed by atoms with E-state index in [2.05, 4.69) is 12.9 Å². The third-order valence-electron chi connectivity index (χ3n) is 4.57. The van der Waals surface area contributed by atoms with Gasteiger partial charge in [-0.2, -0.15) is 0 Å². The number of allylic oxidation sites excluding steroid dienone is 4. The molecule has 1 aliphatic heterocycles. The van der Waals surface area contributed by atoms with Gasteiger partial charge in [0.2, 0.25) is 0 Å². The lowest BCUT2D eigenvalue weighted by Gasteiger charge is -2.17. The average Bonchev–Trinajstić information content (AvgIpc) is 3.09. The van der Waals surface area contributed by atoms with Crippen molar-refractivity contribution in [1.29, 1.82) is 0 Å². The second-order valence-corrected chi connectivity index (χ2v) is 8.02. The molecule has 0 spiro atoms. The fraction of sp³-hybridized carbons (Fsp3) is 0.333. The molecule has 7 heteroatoms. The Morgan fingerprint density at radius 2 is 2.13 bits per heavy atom. The van der Waals surface area contributed by atoms with Gasteiger partial charge in [0.1, 0.15) is 17.4 Å². The molecular weight excluding hydrogens is 412 g/mol. The Balaban J connectivity index is 1.76. The van der Waals surface area contributed by atoms with Crippen molar-refractivity contribution >= 4 is 34.5 Å². The third-order valence-corrected chi connectivity index (χ3v) is 5.71. The molecule has 1 saturated heterocycles. The Kier molecular flexibility index (Phi) is 8.33. The SMILES string of the molecule is CCCN1C(=C=O)C(C=C2C=CC=C(OCC(=O)OCC)C2)SC1=Nc1ccccc1. The van der Waals surface area contributed by atoms with E-state index in [1.807, 2.05) is 59.5 Å². The largest absolute Gasteiger partial charge is 0.486 e. The van der Waals surface area contributed by atoms with Crippen LogP contribution in [-0.4, -0.2) is 47.0 Å². The number of carbonyl (C=O) groups excluding carboxylic acids is 2. The molecule has 2 aliphatic rings. The molecule has 1 aromatic rings. The number of benzene rings is 1. The van der Waals surface area contributed by atoms with E-state index in [-0.39, 0.29) is 11.9 Å². The van der Waals surface area contributed by atoms with E-state index in [0.29, 0.717) is 31.0 Å². The summed E-state index contributed by atoms with van der Waals surface area (Å²) in [4.78, 5) is 30.1. The van der Waals surface area contributed by atoms with Gasteiger partial charge in [-0.3, -0.25) is 0 Å². The Morgan fingerprint density at radius 3 is 2.84 bits per heavy atom. The summed E-state index contributed by atoms with van der Waals surface area (Å²) in [5.41, 5.74) is 2.43. The Hall–Kier alpha value is -3.02. The molecule has 1 heterocycles. The van der Waals surface area contributed by atoms with Gasteiger partial charge in [-0.25, -0.2) is 14.6 Å². The lowest BCUT2D eigenvalue weighted by Crippen LogP contribution is -2.25. The molecule has 1 unspecified atom stereocenters. The maximum absolute atomic E-state index is 11.8. The number of rotatable bonds is 8. The van der Waals surface area contributed by atoms with Crippen LogP contribution in [0.3, 0.4) is 0 Å². The number of amidine groups is 1. The van der Waals surface area contributed by atoms with Gasteiger partial charge < -0.3 is 14.4 Å². The van der Waals surface area contributed by atoms with Crippen LogP contribution in [0.1, 0.15) is 26.7 Å². The number of aliphatic imine (C=N–C) groups is 1. The van der Waals surface area contributed by atoms with Gasteiger partial charge in [0.05, 0.1) is 17.5 Å². The second kappa shape index (κ2) is 11.4. The molecular formula is C24H26N2O4S. The number of esters is 1. The van der Waals surface area contributed by atoms with Gasteiger partial charge in [-0.1, -0.05) is 55.1 Å². The summed E-state index contributed by atoms with van der Waals surface area (Å²) < 4.78 is 10.5. The van der Waals surface area contributed by atoms with Crippen LogP contribution in [0.15, 0.2) is 76.7 Å². The topological polar surface area (TPSA) is 68.2 Å². The van der Waals surface area contributed by atoms with Crippen LogP contribution in [0.2, 0.25) is 0 Å². The highest BCUT2D eigenvalue weighted by Gasteiger charge is 2.34. The molecule has 0 bridgehead atoms. The molecule has 31 heavy (non-hydrogen) atoms. The van der Waals surface area contributed by atoms with Crippen LogP contribution < -0.4 is 0 Å². The molecule has 0 amide bonds. The van der Waals surface area contributed by atoms with Gasteiger partial charge in [-0.05, 0) is 37.1 Å². The first-order chi connectivity index (χ1) is 15.1. The van der Waals surface area contributed by atoms with Crippen molar-refractivity contribution in [3.05, 3.63) is 71.7 Å². The molecule has 0 N–H and O–H groups in total. The number of ether oxygens (including phenoxy) is 2. The zero-order valence-electron chi connectivity index (χ0n) is 17.7. The van der Waals surface area contributed by atoms with Gasteiger partial charge in [-0.15, -0.1) is 0 Å². The van der Waals surface area contributed by atoms with E-state index in [4.69, 9.17) is 14.5 Å². The molecule has 0 radical (unpaired) electrons. The molecule has 0 saturated carbocycles. The minimum Gasteiger partial charge on any atom is -0.486 e. The zero-order valence-corrected chi connectivity index (χ0v) is 18.6. The fourth-order valence-electron chi connectivity index (χ4n) is 3.22. The first-order valence-corrected chi connectivity index (χ1v) is 11.2. The van der Waals surface area contributed by atoms with E-state index in [0.717, 1.165) is 22.8 Å². The number of para-hydroxylation sites is 1. The van der Waals surface area contributed by atoms with E-state index in [1.165, 1.54) is 11.8 Å². The number of nitrogens with zero attached hydrogens (tertiary/aromatic N) is 2. The van der Waals surface area contributed by atoms with Crippen molar-refractivity contribution in [2.24, 2.45) is 4.99 Å². The number of thioether (sulfide) groups is 1. The normalized spacial score (nSPS) is 20.7. The third kappa shape index (κ3) is 6.23. The van der Waals surface area contributed by atoms with Crippen molar-refractivity contribution in [3.63, 3.8) is 0 Å². The molecule has 0 aromatic heterocycles. The Labute approximate surface area is 187 Å². The van der Waals surface area contributed by atoms with Crippen molar-refractivity contribution in [2.75, 3.05) is 19.8 Å². The number of carbonyl (C=O) groups is 1. The molecule has 1 aliphatic carbocycles. The quantitative estimate of drug-likeness (QED) is 0.438. The van der Waals surface area contributed by atoms with E-state index < -0.39 is 5.97 Å². The van der Waals surface area contributed by atoms with Gasteiger partial charge in [0, 0.05) is 13.0 Å². The highest BCUT2D eigenvalue weighted by molar-refractivity contribution is 8.15. The molecule has 6 nitrogen and oxygen atoms in total. The van der Waals surface area contributed by atoms with E-state index in [1.54, 1.807) is 6.92 Å². The molecule has 1 atom stereocenters.